The first-order chi connectivity index (χ1) is 8.41. The molecule has 1 saturated heterocycles. The summed E-state index contributed by atoms with van der Waals surface area (Å²) in [5, 5.41) is 9.04. The summed E-state index contributed by atoms with van der Waals surface area (Å²) in [7, 11) is 0. The van der Waals surface area contributed by atoms with Crippen molar-refractivity contribution in [1.82, 2.24) is 4.90 Å². The molecule has 0 aromatic heterocycles. The molecule has 0 aromatic carbocycles. The van der Waals surface area contributed by atoms with Gasteiger partial charge in [-0.05, 0) is 37.0 Å². The second-order valence-corrected chi connectivity index (χ2v) is 6.71. The zero-order valence-corrected chi connectivity index (χ0v) is 11.7. The number of aliphatic hydroxyl groups excluding tert-OH is 1. The Kier molecular flexibility index (Phi) is 3.85. The third-order valence-corrected chi connectivity index (χ3v) is 4.47. The zero-order valence-electron chi connectivity index (χ0n) is 11.7. The summed E-state index contributed by atoms with van der Waals surface area (Å²) in [5.74, 6) is 0.751. The van der Waals surface area contributed by atoms with Gasteiger partial charge < -0.3 is 14.7 Å². The monoisotopic (exact) mass is 255 g/mol. The van der Waals surface area contributed by atoms with Crippen LogP contribution in [-0.2, 0) is 4.74 Å². The molecule has 1 heterocycles. The van der Waals surface area contributed by atoms with E-state index in [9.17, 15) is 4.79 Å². The van der Waals surface area contributed by atoms with E-state index in [1.165, 1.54) is 12.8 Å². The summed E-state index contributed by atoms with van der Waals surface area (Å²) >= 11 is 0. The Hall–Kier alpha value is -0.770. The number of amides is 1. The molecule has 2 aliphatic rings. The Morgan fingerprint density at radius 3 is 2.33 bits per heavy atom. The number of hydrogen-bond acceptors (Lipinski definition) is 3. The predicted molar refractivity (Wildman–Crippen MR) is 69.3 cm³/mol. The number of carbonyl (C=O) groups excluding carboxylic acids is 1. The van der Waals surface area contributed by atoms with Crippen molar-refractivity contribution in [2.45, 2.75) is 58.6 Å². The van der Waals surface area contributed by atoms with Gasteiger partial charge in [-0.3, -0.25) is 0 Å². The number of carbonyl (C=O) groups is 1. The smallest absolute Gasteiger partial charge is 0.410 e. The number of rotatable bonds is 2. The lowest BCUT2D eigenvalue weighted by atomic mass is 9.71. The van der Waals surface area contributed by atoms with E-state index in [0.717, 1.165) is 18.8 Å². The molecule has 1 atom stereocenters. The molecule has 0 bridgehead atoms. The topological polar surface area (TPSA) is 49.8 Å². The molecule has 2 rings (SSSR count). The van der Waals surface area contributed by atoms with Crippen LogP contribution in [0.15, 0.2) is 0 Å². The molecular formula is C14H25NO3. The van der Waals surface area contributed by atoms with Crippen LogP contribution in [0.5, 0.6) is 0 Å². The first kappa shape index (κ1) is 13.7. The van der Waals surface area contributed by atoms with Crippen LogP contribution < -0.4 is 0 Å². The molecule has 0 spiro atoms. The van der Waals surface area contributed by atoms with E-state index in [1.54, 1.807) is 0 Å². The molecule has 18 heavy (non-hydrogen) atoms. The molecule has 104 valence electrons. The highest BCUT2D eigenvalue weighted by Crippen LogP contribution is 2.39. The van der Waals surface area contributed by atoms with Crippen molar-refractivity contribution >= 4 is 6.09 Å². The fourth-order valence-corrected chi connectivity index (χ4v) is 3.19. The van der Waals surface area contributed by atoms with Gasteiger partial charge in [-0.1, -0.05) is 20.8 Å². The van der Waals surface area contributed by atoms with E-state index in [-0.39, 0.29) is 18.8 Å². The van der Waals surface area contributed by atoms with Crippen molar-refractivity contribution in [1.29, 1.82) is 0 Å². The van der Waals surface area contributed by atoms with Crippen LogP contribution in [0.25, 0.3) is 0 Å². The first-order valence-electron chi connectivity index (χ1n) is 7.00. The van der Waals surface area contributed by atoms with Gasteiger partial charge in [0.2, 0.25) is 0 Å². The molecule has 4 nitrogen and oxygen atoms in total. The lowest BCUT2D eigenvalue weighted by Gasteiger charge is -2.39. The molecule has 2 fully saturated rings. The van der Waals surface area contributed by atoms with Crippen LogP contribution >= 0.6 is 0 Å². The Labute approximate surface area is 109 Å². The second kappa shape index (κ2) is 5.08. The van der Waals surface area contributed by atoms with Crippen LogP contribution in [0, 0.1) is 11.3 Å². The average molecular weight is 255 g/mol. The Balaban J connectivity index is 1.89. The molecule has 1 N–H and O–H groups in total. The summed E-state index contributed by atoms with van der Waals surface area (Å²) < 4.78 is 5.11. The van der Waals surface area contributed by atoms with Gasteiger partial charge in [0.15, 0.2) is 0 Å². The number of ether oxygens (including phenoxy) is 1. The Morgan fingerprint density at radius 1 is 1.28 bits per heavy atom. The van der Waals surface area contributed by atoms with Gasteiger partial charge in [-0.2, -0.15) is 0 Å². The summed E-state index contributed by atoms with van der Waals surface area (Å²) in [6.45, 7) is 7.37. The summed E-state index contributed by atoms with van der Waals surface area (Å²) in [6.07, 6.45) is 3.93. The highest BCUT2D eigenvalue weighted by atomic mass is 16.6. The SMILES string of the molecule is CC(C)(C)C1CCC(N2CC(CO)OC2=O)CC1. The number of nitrogens with zero attached hydrogens (tertiary/aromatic N) is 1. The van der Waals surface area contributed by atoms with Gasteiger partial charge in [0, 0.05) is 6.04 Å². The molecule has 0 aromatic rings. The average Bonchev–Trinajstić information content (AvgIpc) is 2.70. The third kappa shape index (κ3) is 2.79. The fraction of sp³-hybridized carbons (Fsp3) is 0.929. The van der Waals surface area contributed by atoms with Gasteiger partial charge in [-0.15, -0.1) is 0 Å². The van der Waals surface area contributed by atoms with Gasteiger partial charge in [0.1, 0.15) is 6.10 Å². The standard InChI is InChI=1S/C14H25NO3/c1-14(2,3)10-4-6-11(7-5-10)15-8-12(9-16)18-13(15)17/h10-12,16H,4-9H2,1-3H3. The Bertz CT molecular complexity index is 303. The minimum Gasteiger partial charge on any atom is -0.442 e. The zero-order chi connectivity index (χ0) is 13.3. The van der Waals surface area contributed by atoms with Crippen LogP contribution in [0.1, 0.15) is 46.5 Å². The van der Waals surface area contributed by atoms with E-state index < -0.39 is 0 Å². The van der Waals surface area contributed by atoms with Crippen molar-refractivity contribution in [3.05, 3.63) is 0 Å². The van der Waals surface area contributed by atoms with Crippen LogP contribution in [0.3, 0.4) is 0 Å². The largest absolute Gasteiger partial charge is 0.442 e. The highest BCUT2D eigenvalue weighted by molar-refractivity contribution is 5.70. The highest BCUT2D eigenvalue weighted by Gasteiger charge is 2.38. The Morgan fingerprint density at radius 2 is 1.89 bits per heavy atom. The fourth-order valence-electron chi connectivity index (χ4n) is 3.19. The van der Waals surface area contributed by atoms with Crippen LogP contribution in [-0.4, -0.2) is 41.4 Å². The normalized spacial score (nSPS) is 33.7. The van der Waals surface area contributed by atoms with Crippen molar-refractivity contribution < 1.29 is 14.6 Å². The van der Waals surface area contributed by atoms with Crippen LogP contribution in [0.2, 0.25) is 0 Å². The first-order valence-corrected chi connectivity index (χ1v) is 7.00. The summed E-state index contributed by atoms with van der Waals surface area (Å²) in [5.41, 5.74) is 0.365. The third-order valence-electron chi connectivity index (χ3n) is 4.47. The van der Waals surface area contributed by atoms with E-state index in [4.69, 9.17) is 9.84 Å². The van der Waals surface area contributed by atoms with Gasteiger partial charge >= 0.3 is 6.09 Å². The maximum Gasteiger partial charge on any atom is 0.410 e. The number of aliphatic hydroxyl groups is 1. The van der Waals surface area contributed by atoms with Crippen molar-refractivity contribution in [2.24, 2.45) is 11.3 Å². The maximum atomic E-state index is 11.7. The number of cyclic esters (lactones) is 1. The minimum absolute atomic E-state index is 0.0699. The van der Waals surface area contributed by atoms with E-state index in [1.807, 2.05) is 4.90 Å². The van der Waals surface area contributed by atoms with E-state index in [2.05, 4.69) is 20.8 Å². The molecule has 1 aliphatic carbocycles. The van der Waals surface area contributed by atoms with Gasteiger partial charge in [0.05, 0.1) is 13.2 Å². The minimum atomic E-state index is -0.321. The molecule has 1 amide bonds. The molecule has 1 saturated carbocycles. The lowest BCUT2D eigenvalue weighted by Crippen LogP contribution is -2.40. The number of hydrogen-bond donors (Lipinski definition) is 1. The summed E-state index contributed by atoms with van der Waals surface area (Å²) in [4.78, 5) is 13.5. The van der Waals surface area contributed by atoms with Crippen molar-refractivity contribution in [2.75, 3.05) is 13.2 Å². The molecule has 4 heteroatoms. The van der Waals surface area contributed by atoms with E-state index in [0.29, 0.717) is 18.0 Å². The molecule has 1 unspecified atom stereocenters. The molecule has 0 radical (unpaired) electrons. The van der Waals surface area contributed by atoms with Crippen molar-refractivity contribution in [3.8, 4) is 0 Å². The van der Waals surface area contributed by atoms with Crippen LogP contribution in [0.4, 0.5) is 4.79 Å². The predicted octanol–water partition coefficient (Wildman–Crippen LogP) is 2.40. The van der Waals surface area contributed by atoms with Crippen molar-refractivity contribution in [3.63, 3.8) is 0 Å². The van der Waals surface area contributed by atoms with Gasteiger partial charge in [0.25, 0.3) is 0 Å². The van der Waals surface area contributed by atoms with E-state index >= 15 is 0 Å². The second-order valence-electron chi connectivity index (χ2n) is 6.71. The molecule has 1 aliphatic heterocycles. The lowest BCUT2D eigenvalue weighted by molar-refractivity contribution is 0.0906. The quantitative estimate of drug-likeness (QED) is 0.824. The summed E-state index contributed by atoms with van der Waals surface area (Å²) in [6, 6.07) is 0.313. The van der Waals surface area contributed by atoms with Gasteiger partial charge in [-0.25, -0.2) is 4.79 Å². The molecular weight excluding hydrogens is 230 g/mol. The maximum absolute atomic E-state index is 11.7.